The highest BCUT2D eigenvalue weighted by Crippen LogP contribution is 2.44. The summed E-state index contributed by atoms with van der Waals surface area (Å²) in [6, 6.07) is 12.7. The predicted octanol–water partition coefficient (Wildman–Crippen LogP) is 5.92. The maximum atomic E-state index is 12.6. The Morgan fingerprint density at radius 1 is 1.03 bits per heavy atom. The molecule has 2 amide bonds. The average molecular weight is 512 g/mol. The summed E-state index contributed by atoms with van der Waals surface area (Å²) in [5, 5.41) is 3.87. The molecule has 0 aliphatic heterocycles. The summed E-state index contributed by atoms with van der Waals surface area (Å²) in [5.41, 5.74) is 3.82. The molecule has 8 nitrogen and oxygen atoms in total. The number of hydrogen-bond donors (Lipinski definition) is 3. The third-order valence-corrected chi connectivity index (χ3v) is 6.78. The van der Waals surface area contributed by atoms with Crippen LogP contribution < -0.4 is 10.0 Å². The zero-order valence-corrected chi connectivity index (χ0v) is 21.9. The molecule has 1 aliphatic rings. The van der Waals surface area contributed by atoms with Crippen LogP contribution in [0.25, 0.3) is 22.2 Å². The smallest absolute Gasteiger partial charge is 0.412 e. The Morgan fingerprint density at radius 2 is 1.72 bits per heavy atom. The maximum absolute atomic E-state index is 12.6. The molecule has 0 radical (unpaired) electrons. The third kappa shape index (κ3) is 6.07. The number of aromatic amines is 1. The number of carbonyl (C=O) groups excluding carboxylic acids is 2. The van der Waals surface area contributed by atoms with Gasteiger partial charge in [0, 0.05) is 22.0 Å². The van der Waals surface area contributed by atoms with E-state index in [1.54, 1.807) is 12.1 Å². The van der Waals surface area contributed by atoms with Gasteiger partial charge in [0.15, 0.2) is 0 Å². The van der Waals surface area contributed by atoms with Crippen LogP contribution in [0.15, 0.2) is 42.5 Å². The number of anilines is 1. The highest BCUT2D eigenvalue weighted by molar-refractivity contribution is 7.89. The Labute approximate surface area is 211 Å². The number of hydrogen-bond acceptors (Lipinski definition) is 5. The lowest BCUT2D eigenvalue weighted by Crippen LogP contribution is -2.29. The molecule has 3 aromatic rings. The van der Waals surface area contributed by atoms with Crippen molar-refractivity contribution in [3.63, 3.8) is 0 Å². The van der Waals surface area contributed by atoms with Crippen LogP contribution in [0.1, 0.15) is 74.7 Å². The fourth-order valence-electron chi connectivity index (χ4n) is 4.84. The first-order chi connectivity index (χ1) is 16.9. The Morgan fingerprint density at radius 3 is 2.39 bits per heavy atom. The normalized spacial score (nSPS) is 15.0. The van der Waals surface area contributed by atoms with Gasteiger partial charge >= 0.3 is 6.09 Å². The molecular formula is C27H33N3O5S. The number of H-pyrrole nitrogens is 1. The molecule has 0 atom stereocenters. The second-order valence-corrected chi connectivity index (χ2v) is 12.1. The molecule has 2 aromatic carbocycles. The van der Waals surface area contributed by atoms with Gasteiger partial charge in [-0.05, 0) is 63.3 Å². The van der Waals surface area contributed by atoms with Crippen molar-refractivity contribution >= 4 is 38.6 Å². The number of sulfonamides is 1. The molecule has 192 valence electrons. The van der Waals surface area contributed by atoms with Gasteiger partial charge in [-0.3, -0.25) is 10.1 Å². The maximum Gasteiger partial charge on any atom is 0.412 e. The predicted molar refractivity (Wildman–Crippen MR) is 142 cm³/mol. The fourth-order valence-corrected chi connectivity index (χ4v) is 5.29. The second kappa shape index (κ2) is 9.97. The number of benzene rings is 2. The van der Waals surface area contributed by atoms with E-state index in [2.05, 4.69) is 10.3 Å². The minimum absolute atomic E-state index is 0.246. The topological polar surface area (TPSA) is 117 Å². The van der Waals surface area contributed by atoms with Gasteiger partial charge in [-0.15, -0.1) is 0 Å². The van der Waals surface area contributed by atoms with Crippen molar-refractivity contribution < 1.29 is 22.7 Å². The standard InChI is InChI=1S/C27H33N3O5S/c1-27(2,3)35-26(32)29-21-13-9-8-12-20(21)24-23(17-10-6-5-7-11-17)19-15-14-18(16-22(19)28-24)25(31)30-36(4,33)34/h8-9,12-17,28H,5-7,10-11H2,1-4H3,(H,29,32)(H,30,31). The molecule has 36 heavy (non-hydrogen) atoms. The summed E-state index contributed by atoms with van der Waals surface area (Å²) in [7, 11) is -3.68. The second-order valence-electron chi connectivity index (χ2n) is 10.4. The van der Waals surface area contributed by atoms with Gasteiger partial charge in [-0.1, -0.05) is 43.5 Å². The molecule has 0 spiro atoms. The molecular weight excluding hydrogens is 478 g/mol. The van der Waals surface area contributed by atoms with Crippen LogP contribution in [0.5, 0.6) is 0 Å². The zero-order chi connectivity index (χ0) is 26.1. The van der Waals surface area contributed by atoms with Gasteiger partial charge < -0.3 is 9.72 Å². The fraction of sp³-hybridized carbons (Fsp3) is 0.407. The minimum atomic E-state index is -3.68. The number of aromatic nitrogens is 1. The van der Waals surface area contributed by atoms with Gasteiger partial charge in [0.05, 0.1) is 17.6 Å². The number of amides is 2. The monoisotopic (exact) mass is 511 g/mol. The molecule has 1 aromatic heterocycles. The summed E-state index contributed by atoms with van der Waals surface area (Å²) in [5.74, 6) is -0.352. The van der Waals surface area contributed by atoms with Crippen LogP contribution >= 0.6 is 0 Å². The number of para-hydroxylation sites is 1. The first-order valence-corrected chi connectivity index (χ1v) is 14.1. The lowest BCUT2D eigenvalue weighted by Gasteiger charge is -2.24. The first-order valence-electron chi connectivity index (χ1n) is 12.2. The molecule has 0 unspecified atom stereocenters. The van der Waals surface area contributed by atoms with Crippen LogP contribution in [0, 0.1) is 0 Å². The van der Waals surface area contributed by atoms with Gasteiger partial charge in [-0.25, -0.2) is 17.9 Å². The van der Waals surface area contributed by atoms with Crippen LogP contribution in [-0.4, -0.2) is 37.3 Å². The quantitative estimate of drug-likeness (QED) is 0.393. The van der Waals surface area contributed by atoms with Gasteiger partial charge in [-0.2, -0.15) is 0 Å². The Balaban J connectivity index is 1.81. The van der Waals surface area contributed by atoms with E-state index in [9.17, 15) is 18.0 Å². The van der Waals surface area contributed by atoms with E-state index in [1.807, 2.05) is 55.8 Å². The van der Waals surface area contributed by atoms with E-state index in [1.165, 1.54) is 6.42 Å². The Bertz CT molecular complexity index is 1400. The lowest BCUT2D eigenvalue weighted by atomic mass is 9.81. The van der Waals surface area contributed by atoms with Crippen LogP contribution in [0.4, 0.5) is 10.5 Å². The minimum Gasteiger partial charge on any atom is -0.444 e. The summed E-state index contributed by atoms with van der Waals surface area (Å²) in [6.45, 7) is 5.44. The van der Waals surface area contributed by atoms with E-state index in [0.29, 0.717) is 11.6 Å². The summed E-state index contributed by atoms with van der Waals surface area (Å²) >= 11 is 0. The number of carbonyl (C=O) groups is 2. The molecule has 1 fully saturated rings. The number of ether oxygens (including phenoxy) is 1. The zero-order valence-electron chi connectivity index (χ0n) is 21.1. The molecule has 1 heterocycles. The van der Waals surface area contributed by atoms with Gasteiger partial charge in [0.25, 0.3) is 5.91 Å². The highest BCUT2D eigenvalue weighted by atomic mass is 32.2. The Kier molecular flexibility index (Phi) is 7.13. The van der Waals surface area contributed by atoms with Gasteiger partial charge in [0.2, 0.25) is 10.0 Å². The van der Waals surface area contributed by atoms with Crippen LogP contribution in [0.2, 0.25) is 0 Å². The van der Waals surface area contributed by atoms with Crippen molar-refractivity contribution in [1.29, 1.82) is 0 Å². The number of nitrogens with one attached hydrogen (secondary N) is 3. The average Bonchev–Trinajstić information content (AvgIpc) is 3.16. The van der Waals surface area contributed by atoms with Crippen molar-refractivity contribution in [2.24, 2.45) is 0 Å². The molecule has 9 heteroatoms. The molecule has 3 N–H and O–H groups in total. The van der Waals surface area contributed by atoms with E-state index in [-0.39, 0.29) is 5.56 Å². The molecule has 1 aliphatic carbocycles. The Hall–Kier alpha value is -3.33. The lowest BCUT2D eigenvalue weighted by molar-refractivity contribution is 0.0635. The van der Waals surface area contributed by atoms with Crippen molar-refractivity contribution in [2.45, 2.75) is 64.4 Å². The van der Waals surface area contributed by atoms with Crippen LogP contribution in [-0.2, 0) is 14.8 Å². The van der Waals surface area contributed by atoms with E-state index < -0.39 is 27.6 Å². The van der Waals surface area contributed by atoms with E-state index in [4.69, 9.17) is 4.74 Å². The van der Waals surface area contributed by atoms with Crippen molar-refractivity contribution in [3.8, 4) is 11.3 Å². The van der Waals surface area contributed by atoms with Crippen molar-refractivity contribution in [1.82, 2.24) is 9.71 Å². The summed E-state index contributed by atoms with van der Waals surface area (Å²) in [4.78, 5) is 28.5. The summed E-state index contributed by atoms with van der Waals surface area (Å²) in [6.07, 6.45) is 6.01. The van der Waals surface area contributed by atoms with Crippen LogP contribution in [0.3, 0.4) is 0 Å². The molecule has 1 saturated carbocycles. The number of fused-ring (bicyclic) bond motifs is 1. The van der Waals surface area contributed by atoms with Gasteiger partial charge in [0.1, 0.15) is 5.60 Å². The van der Waals surface area contributed by atoms with Crippen molar-refractivity contribution in [2.75, 3.05) is 11.6 Å². The third-order valence-electron chi connectivity index (χ3n) is 6.22. The van der Waals surface area contributed by atoms with Crippen molar-refractivity contribution in [3.05, 3.63) is 53.6 Å². The number of rotatable bonds is 5. The molecule has 4 rings (SSSR count). The first kappa shape index (κ1) is 25.8. The van der Waals surface area contributed by atoms with E-state index in [0.717, 1.165) is 59.7 Å². The summed E-state index contributed by atoms with van der Waals surface area (Å²) < 4.78 is 30.6. The molecule has 0 saturated heterocycles. The van der Waals surface area contributed by atoms with E-state index >= 15 is 0 Å². The largest absolute Gasteiger partial charge is 0.444 e. The molecule has 0 bridgehead atoms. The SMILES string of the molecule is CC(C)(C)OC(=O)Nc1ccccc1-c1[nH]c2cc(C(=O)NS(C)(=O)=O)ccc2c1C1CCCCC1. The highest BCUT2D eigenvalue weighted by Gasteiger charge is 2.26.